The van der Waals surface area contributed by atoms with Crippen LogP contribution in [0.1, 0.15) is 10.5 Å². The van der Waals surface area contributed by atoms with Gasteiger partial charge in [0, 0.05) is 22.7 Å². The number of pyridine rings is 2. The van der Waals surface area contributed by atoms with Gasteiger partial charge >= 0.3 is 0 Å². The molecule has 1 unspecified atom stereocenters. The van der Waals surface area contributed by atoms with Crippen molar-refractivity contribution in [1.82, 2.24) is 9.97 Å². The lowest BCUT2D eigenvalue weighted by Crippen LogP contribution is -2.33. The minimum atomic E-state index is -0.334. The van der Waals surface area contributed by atoms with Crippen molar-refractivity contribution in [3.63, 3.8) is 0 Å². The molecule has 4 rings (SSSR count). The molecule has 1 aliphatic rings. The molecule has 0 saturated carbocycles. The first-order chi connectivity index (χ1) is 13.7. The van der Waals surface area contributed by atoms with Gasteiger partial charge in [-0.2, -0.15) is 0 Å². The third-order valence-electron chi connectivity index (χ3n) is 4.28. The molecule has 144 valence electrons. The van der Waals surface area contributed by atoms with Crippen LogP contribution in [0.4, 0.5) is 5.69 Å². The molecule has 3 aromatic rings. The lowest BCUT2D eigenvalue weighted by molar-refractivity contribution is -0.101. The standard InChI is InChI=1S/C20H19N3O5/c24-18-10-22-20(28-12-14-11-26-7-8-27-14)15-5-4-13(9-16(15)18)23-19(25)17-3-1-2-6-21-17/h1-6,9-10,14,24H,7-8,11-12H2,(H,23,25). The summed E-state index contributed by atoms with van der Waals surface area (Å²) in [5.74, 6) is 0.0394. The molecule has 2 aromatic heterocycles. The van der Waals surface area contributed by atoms with Gasteiger partial charge in [0.25, 0.3) is 5.91 Å². The fourth-order valence-electron chi connectivity index (χ4n) is 2.89. The maximum Gasteiger partial charge on any atom is 0.274 e. The lowest BCUT2D eigenvalue weighted by atomic mass is 10.1. The van der Waals surface area contributed by atoms with Gasteiger partial charge in [-0.3, -0.25) is 9.78 Å². The Morgan fingerprint density at radius 1 is 1.21 bits per heavy atom. The Hall–Kier alpha value is -3.23. The Labute approximate surface area is 161 Å². The zero-order chi connectivity index (χ0) is 19.3. The van der Waals surface area contributed by atoms with Crippen LogP contribution in [0.25, 0.3) is 10.8 Å². The van der Waals surface area contributed by atoms with E-state index in [-0.39, 0.29) is 17.8 Å². The quantitative estimate of drug-likeness (QED) is 0.699. The van der Waals surface area contributed by atoms with Gasteiger partial charge in [-0.05, 0) is 30.3 Å². The summed E-state index contributed by atoms with van der Waals surface area (Å²) in [7, 11) is 0. The summed E-state index contributed by atoms with van der Waals surface area (Å²) in [5.41, 5.74) is 0.833. The predicted molar refractivity (Wildman–Crippen MR) is 102 cm³/mol. The minimum absolute atomic E-state index is 0.00599. The molecule has 1 aliphatic heterocycles. The van der Waals surface area contributed by atoms with Crippen molar-refractivity contribution in [3.05, 3.63) is 54.5 Å². The van der Waals surface area contributed by atoms with Crippen LogP contribution in [0.3, 0.4) is 0 Å². The number of benzene rings is 1. The molecule has 8 nitrogen and oxygen atoms in total. The fourth-order valence-corrected chi connectivity index (χ4v) is 2.89. The number of nitrogens with zero attached hydrogens (tertiary/aromatic N) is 2. The first-order valence-electron chi connectivity index (χ1n) is 8.87. The third-order valence-corrected chi connectivity index (χ3v) is 4.28. The fraction of sp³-hybridized carbons (Fsp3) is 0.250. The van der Waals surface area contributed by atoms with Crippen molar-refractivity contribution < 1.29 is 24.1 Å². The zero-order valence-electron chi connectivity index (χ0n) is 15.0. The largest absolute Gasteiger partial charge is 0.506 e. The first-order valence-corrected chi connectivity index (χ1v) is 8.87. The highest BCUT2D eigenvalue weighted by atomic mass is 16.6. The highest BCUT2D eigenvalue weighted by molar-refractivity contribution is 6.04. The van der Waals surface area contributed by atoms with Crippen molar-refractivity contribution in [2.24, 2.45) is 0 Å². The van der Waals surface area contributed by atoms with Crippen molar-refractivity contribution in [3.8, 4) is 11.6 Å². The minimum Gasteiger partial charge on any atom is -0.506 e. The van der Waals surface area contributed by atoms with E-state index >= 15 is 0 Å². The Kier molecular flexibility index (Phi) is 5.31. The van der Waals surface area contributed by atoms with E-state index in [1.54, 1.807) is 42.6 Å². The number of aromatic hydroxyl groups is 1. The van der Waals surface area contributed by atoms with Gasteiger partial charge in [0.05, 0.1) is 26.0 Å². The molecule has 3 heterocycles. The number of ether oxygens (including phenoxy) is 3. The van der Waals surface area contributed by atoms with E-state index < -0.39 is 0 Å². The SMILES string of the molecule is O=C(Nc1ccc2c(OCC3COCCO3)ncc(O)c2c1)c1ccccn1. The molecule has 1 saturated heterocycles. The second-order valence-corrected chi connectivity index (χ2v) is 6.26. The molecular formula is C20H19N3O5. The number of hydrogen-bond acceptors (Lipinski definition) is 7. The summed E-state index contributed by atoms with van der Waals surface area (Å²) in [6.07, 6.45) is 2.72. The predicted octanol–water partition coefficient (Wildman–Crippen LogP) is 2.38. The number of hydrogen-bond donors (Lipinski definition) is 2. The normalized spacial score (nSPS) is 16.6. The molecule has 1 fully saturated rings. The molecule has 1 atom stereocenters. The van der Waals surface area contributed by atoms with Crippen LogP contribution in [0.5, 0.6) is 11.6 Å². The maximum atomic E-state index is 12.3. The number of anilines is 1. The van der Waals surface area contributed by atoms with Gasteiger partial charge in [0.15, 0.2) is 0 Å². The summed E-state index contributed by atoms with van der Waals surface area (Å²) in [5, 5.41) is 14.1. The molecule has 0 aliphatic carbocycles. The highest BCUT2D eigenvalue weighted by Crippen LogP contribution is 2.32. The molecular weight excluding hydrogens is 362 g/mol. The van der Waals surface area contributed by atoms with E-state index in [1.165, 1.54) is 6.20 Å². The highest BCUT2D eigenvalue weighted by Gasteiger charge is 2.17. The second-order valence-electron chi connectivity index (χ2n) is 6.26. The molecule has 28 heavy (non-hydrogen) atoms. The average Bonchev–Trinajstić information content (AvgIpc) is 2.75. The summed E-state index contributed by atoms with van der Waals surface area (Å²) < 4.78 is 16.7. The summed E-state index contributed by atoms with van der Waals surface area (Å²) in [6, 6.07) is 10.2. The number of nitrogens with one attached hydrogen (secondary N) is 1. The Balaban J connectivity index is 1.53. The number of rotatable bonds is 5. The zero-order valence-corrected chi connectivity index (χ0v) is 15.0. The molecule has 2 N–H and O–H groups in total. The van der Waals surface area contributed by atoms with Crippen LogP contribution in [0, 0.1) is 0 Å². The maximum absolute atomic E-state index is 12.3. The van der Waals surface area contributed by atoms with Crippen LogP contribution >= 0.6 is 0 Å². The van der Waals surface area contributed by atoms with Gasteiger partial charge in [-0.1, -0.05) is 6.07 Å². The van der Waals surface area contributed by atoms with Gasteiger partial charge in [-0.25, -0.2) is 4.98 Å². The Bertz CT molecular complexity index is 974. The van der Waals surface area contributed by atoms with Crippen molar-refractivity contribution in [2.75, 3.05) is 31.7 Å². The molecule has 0 bridgehead atoms. The summed E-state index contributed by atoms with van der Waals surface area (Å²) in [6.45, 7) is 1.89. The number of carbonyl (C=O) groups is 1. The van der Waals surface area contributed by atoms with Crippen LogP contribution in [0.2, 0.25) is 0 Å². The lowest BCUT2D eigenvalue weighted by Gasteiger charge is -2.23. The van der Waals surface area contributed by atoms with E-state index in [2.05, 4.69) is 15.3 Å². The van der Waals surface area contributed by atoms with E-state index in [9.17, 15) is 9.90 Å². The van der Waals surface area contributed by atoms with Gasteiger partial charge in [0.2, 0.25) is 5.88 Å². The van der Waals surface area contributed by atoms with Crippen molar-refractivity contribution >= 4 is 22.4 Å². The Morgan fingerprint density at radius 3 is 2.93 bits per heavy atom. The van der Waals surface area contributed by atoms with Crippen LogP contribution in [-0.2, 0) is 9.47 Å². The molecule has 1 aromatic carbocycles. The topological polar surface area (TPSA) is 103 Å². The number of aromatic nitrogens is 2. The number of carbonyl (C=O) groups excluding carboxylic acids is 1. The second kappa shape index (κ2) is 8.20. The van der Waals surface area contributed by atoms with Crippen molar-refractivity contribution in [1.29, 1.82) is 0 Å². The molecule has 0 radical (unpaired) electrons. The third kappa shape index (κ3) is 4.03. The van der Waals surface area contributed by atoms with Crippen LogP contribution in [-0.4, -0.2) is 53.5 Å². The molecule has 8 heteroatoms. The van der Waals surface area contributed by atoms with Crippen LogP contribution in [0.15, 0.2) is 48.8 Å². The smallest absolute Gasteiger partial charge is 0.274 e. The van der Waals surface area contributed by atoms with E-state index in [1.807, 2.05) is 0 Å². The average molecular weight is 381 g/mol. The van der Waals surface area contributed by atoms with Crippen LogP contribution < -0.4 is 10.1 Å². The van der Waals surface area contributed by atoms with Gasteiger partial charge < -0.3 is 24.6 Å². The van der Waals surface area contributed by atoms with E-state index in [4.69, 9.17) is 14.2 Å². The first kappa shape index (κ1) is 18.1. The summed E-state index contributed by atoms with van der Waals surface area (Å²) in [4.78, 5) is 20.5. The van der Waals surface area contributed by atoms with E-state index in [0.717, 1.165) is 0 Å². The van der Waals surface area contributed by atoms with E-state index in [0.29, 0.717) is 54.5 Å². The molecule has 1 amide bonds. The summed E-state index contributed by atoms with van der Waals surface area (Å²) >= 11 is 0. The van der Waals surface area contributed by atoms with Gasteiger partial charge in [-0.15, -0.1) is 0 Å². The monoisotopic (exact) mass is 381 g/mol. The number of amides is 1. The molecule has 0 spiro atoms. The number of fused-ring (bicyclic) bond motifs is 1. The Morgan fingerprint density at radius 2 is 2.14 bits per heavy atom. The van der Waals surface area contributed by atoms with Crippen molar-refractivity contribution in [2.45, 2.75) is 6.10 Å². The van der Waals surface area contributed by atoms with Gasteiger partial charge in [0.1, 0.15) is 24.2 Å².